The molecule has 12 rings (SSSR count). The number of hydrogen-bond donors (Lipinski definition) is 2. The van der Waals surface area contributed by atoms with Crippen LogP contribution in [0.3, 0.4) is 0 Å². The van der Waals surface area contributed by atoms with Crippen LogP contribution in [0.4, 0.5) is 39.0 Å². The van der Waals surface area contributed by atoms with E-state index in [0.29, 0.717) is 46.1 Å². The Balaban J connectivity index is 0.000000167. The van der Waals surface area contributed by atoms with Crippen LogP contribution in [0.25, 0.3) is 11.1 Å². The Hall–Kier alpha value is -6.18. The van der Waals surface area contributed by atoms with E-state index in [-0.39, 0.29) is 24.8 Å². The average Bonchev–Trinajstić information content (AvgIpc) is 2.11. The van der Waals surface area contributed by atoms with Crippen LogP contribution >= 0.6 is 50.7 Å². The van der Waals surface area contributed by atoms with Gasteiger partial charge in [-0.05, 0) is 125 Å². The van der Waals surface area contributed by atoms with Crippen molar-refractivity contribution in [3.05, 3.63) is 153 Å². The lowest BCUT2D eigenvalue weighted by Gasteiger charge is -2.32. The first-order valence-electron chi connectivity index (χ1n) is 28.4. The van der Waals surface area contributed by atoms with Crippen LogP contribution in [-0.4, -0.2) is 153 Å². The highest BCUT2D eigenvalue weighted by molar-refractivity contribution is 9.10. The number of aromatic nitrogens is 6. The van der Waals surface area contributed by atoms with E-state index >= 15 is 0 Å². The van der Waals surface area contributed by atoms with Gasteiger partial charge in [-0.15, -0.1) is 0 Å². The topological polar surface area (TPSA) is 207 Å². The highest BCUT2D eigenvalue weighted by Crippen LogP contribution is 2.38. The smallest absolute Gasteiger partial charge is 0.484 e. The fourth-order valence-electron chi connectivity index (χ4n) is 9.22. The summed E-state index contributed by atoms with van der Waals surface area (Å²) in [7, 11) is -0.335. The number of aryl methyl sites for hydroxylation is 1. The van der Waals surface area contributed by atoms with Crippen molar-refractivity contribution in [3.8, 4) is 16.9 Å². The largest absolute Gasteiger partial charge is 0.495 e. The summed E-state index contributed by atoms with van der Waals surface area (Å²) in [5.41, 5.74) is 15.8. The lowest BCUT2D eigenvalue weighted by atomic mass is 9.79. The third-order valence-electron chi connectivity index (χ3n) is 14.8. The summed E-state index contributed by atoms with van der Waals surface area (Å²) >= 11 is 21.3. The average molecular weight is 1310 g/mol. The van der Waals surface area contributed by atoms with Gasteiger partial charge in [-0.2, -0.15) is 0 Å². The predicted molar refractivity (Wildman–Crippen MR) is 346 cm³/mol. The Labute approximate surface area is 528 Å². The SMILES string of the molecule is Brc1ccnc(N2CCOCC2)c1.CC1(C)OB(c2ccnc(N3CCOCC3)c2)OC1(C)C.Cc1ncc(-c2ccnc(N3CCOCC3)c2)cc1OC(C)c1c(Cl)ccc(F)c1Cl.Nc1ccnc(Cl)c1.Nc1ccnc(N2CCOCC2)c1.[2HH]. The first kappa shape index (κ1) is 65.8. The van der Waals surface area contributed by atoms with E-state index < -0.39 is 11.9 Å². The number of nitrogens with zero attached hydrogens (tertiary/aromatic N) is 10. The van der Waals surface area contributed by atoms with Crippen LogP contribution in [0.1, 0.15) is 53.4 Å². The molecule has 5 saturated heterocycles. The molecule has 0 saturated carbocycles. The molecule has 460 valence electrons. The van der Waals surface area contributed by atoms with Crippen molar-refractivity contribution in [1.82, 2.24) is 29.9 Å². The molecule has 11 heterocycles. The van der Waals surface area contributed by atoms with Crippen LogP contribution in [-0.2, 0) is 28.3 Å². The normalized spacial score (nSPS) is 17.5. The number of morpholine rings is 4. The highest BCUT2D eigenvalue weighted by atomic mass is 79.9. The quantitative estimate of drug-likeness (QED) is 0.0783. The molecule has 5 aliphatic rings. The minimum absolute atomic E-state index is 0. The van der Waals surface area contributed by atoms with Gasteiger partial charge >= 0.3 is 7.12 Å². The van der Waals surface area contributed by atoms with Crippen molar-refractivity contribution in [1.29, 1.82) is 0 Å². The summed E-state index contributed by atoms with van der Waals surface area (Å²) in [6, 6.07) is 23.6. The lowest BCUT2D eigenvalue weighted by Crippen LogP contribution is -2.41. The molecule has 4 N–H and O–H groups in total. The first-order chi connectivity index (χ1) is 41.3. The zero-order valence-corrected chi connectivity index (χ0v) is 53.2. The van der Waals surface area contributed by atoms with Gasteiger partial charge in [0.1, 0.15) is 46.1 Å². The van der Waals surface area contributed by atoms with E-state index in [2.05, 4.69) is 99.2 Å². The van der Waals surface area contributed by atoms with Gasteiger partial charge in [0.2, 0.25) is 0 Å². The van der Waals surface area contributed by atoms with E-state index in [1.165, 1.54) is 12.1 Å². The number of anilines is 6. The van der Waals surface area contributed by atoms with Gasteiger partial charge in [-0.25, -0.2) is 29.3 Å². The molecule has 1 atom stereocenters. The second-order valence-corrected chi connectivity index (χ2v) is 23.4. The molecule has 86 heavy (non-hydrogen) atoms. The van der Waals surface area contributed by atoms with Gasteiger partial charge in [-0.1, -0.05) is 50.7 Å². The van der Waals surface area contributed by atoms with Gasteiger partial charge in [0.05, 0.1) is 74.8 Å². The van der Waals surface area contributed by atoms with E-state index in [9.17, 15) is 4.39 Å². The Morgan fingerprint density at radius 1 is 0.570 bits per heavy atom. The molecular weight excluding hydrogens is 1230 g/mol. The molecule has 5 fully saturated rings. The lowest BCUT2D eigenvalue weighted by molar-refractivity contribution is 0.00578. The fourth-order valence-corrected chi connectivity index (χ4v) is 10.4. The molecule has 0 bridgehead atoms. The second-order valence-electron chi connectivity index (χ2n) is 21.4. The first-order valence-corrected chi connectivity index (χ1v) is 30.3. The fraction of sp³-hybridized carbons (Fsp3) is 0.410. The number of hydrogen-bond acceptors (Lipinski definition) is 19. The Kier molecular flexibility index (Phi) is 24.2. The van der Waals surface area contributed by atoms with Gasteiger partial charge in [-0.3, -0.25) is 4.98 Å². The predicted octanol–water partition coefficient (Wildman–Crippen LogP) is 10.8. The van der Waals surface area contributed by atoms with Crippen LogP contribution < -0.4 is 41.3 Å². The molecule has 19 nitrogen and oxygen atoms in total. The van der Waals surface area contributed by atoms with Crippen molar-refractivity contribution < 1.29 is 38.8 Å². The number of ether oxygens (including phenoxy) is 5. The zero-order valence-electron chi connectivity index (χ0n) is 49.3. The van der Waals surface area contributed by atoms with E-state index in [4.69, 9.17) is 79.3 Å². The summed E-state index contributed by atoms with van der Waals surface area (Å²) in [6.45, 7) is 25.0. The number of pyridine rings is 6. The minimum Gasteiger partial charge on any atom is -0.484 e. The van der Waals surface area contributed by atoms with Crippen molar-refractivity contribution in [2.24, 2.45) is 0 Å². The molecule has 0 radical (unpaired) electrons. The molecule has 1 aromatic carbocycles. The van der Waals surface area contributed by atoms with Crippen molar-refractivity contribution in [2.45, 2.75) is 58.8 Å². The third-order valence-corrected chi connectivity index (χ3v) is 16.2. The van der Waals surface area contributed by atoms with Crippen LogP contribution in [0.5, 0.6) is 5.75 Å². The van der Waals surface area contributed by atoms with Crippen molar-refractivity contribution in [2.75, 3.05) is 136 Å². The van der Waals surface area contributed by atoms with E-state index in [1.807, 2.05) is 61.8 Å². The van der Waals surface area contributed by atoms with Gasteiger partial charge in [0, 0.05) is 129 Å². The molecule has 7 aromatic rings. The molecule has 0 spiro atoms. The molecule has 6 aromatic heterocycles. The third kappa shape index (κ3) is 18.7. The number of rotatable bonds is 9. The summed E-state index contributed by atoms with van der Waals surface area (Å²) < 4.78 is 54.7. The Bertz CT molecular complexity index is 3210. The number of nitrogens with two attached hydrogens (primary N) is 2. The monoisotopic (exact) mass is 1300 g/mol. The molecule has 25 heteroatoms. The molecule has 0 aliphatic carbocycles. The minimum atomic E-state index is -0.562. The number of benzene rings is 1. The summed E-state index contributed by atoms with van der Waals surface area (Å²) in [5.74, 6) is 3.88. The summed E-state index contributed by atoms with van der Waals surface area (Å²) in [5, 5.41) is 0.751. The summed E-state index contributed by atoms with van der Waals surface area (Å²) in [4.78, 5) is 34.6. The maximum Gasteiger partial charge on any atom is 0.495 e. The molecule has 0 amide bonds. The van der Waals surface area contributed by atoms with Gasteiger partial charge in [0.25, 0.3) is 0 Å². The second kappa shape index (κ2) is 31.6. The van der Waals surface area contributed by atoms with Crippen molar-refractivity contribution >= 4 is 98.0 Å². The standard InChI is InChI=1S/C23H22Cl2FN3O2.C15H23BN2O3.C9H11BrN2O.C9H13N3O.C5H5ClN2.H2/c1-14-20(31-15(2)22-18(24)3-4-19(26)23(22)25)11-17(13-28-14)16-5-6-27-21(12-16)29-7-9-30-10-8-29;1-14(2)15(3,4)21-16(20-14)12-5-6-17-13(11-12)18-7-9-19-10-8-18;2*10-8-1-2-11-9(7-8)12-3-5-13-6-4-12;6-5-3-4(7)1-2-8-5;/h3-6,11-13,15H,7-10H2,1-2H3;5-6,11H,7-10H2,1-4H3;1-2,7H,3-6H2;1-2,7H,3-6H2,(H2,10,11);1-3H,(H2,7,8);1H/i;;;;;1+1. The number of halogens is 5. The molecular formula is C61H76BBrCl3FN12O7. The van der Waals surface area contributed by atoms with Crippen LogP contribution in [0.15, 0.2) is 121 Å². The maximum atomic E-state index is 13.9. The Morgan fingerprint density at radius 2 is 1.02 bits per heavy atom. The Morgan fingerprint density at radius 3 is 1.51 bits per heavy atom. The van der Waals surface area contributed by atoms with Crippen molar-refractivity contribution in [3.63, 3.8) is 0 Å². The van der Waals surface area contributed by atoms with E-state index in [1.54, 1.807) is 49.9 Å². The zero-order chi connectivity index (χ0) is 61.2. The van der Waals surface area contributed by atoms with Crippen LogP contribution in [0, 0.1) is 12.7 Å². The molecule has 5 aliphatic heterocycles. The maximum absolute atomic E-state index is 13.9. The van der Waals surface area contributed by atoms with Gasteiger partial charge < -0.3 is 64.1 Å². The molecule has 1 unspecified atom stereocenters. The highest BCUT2D eigenvalue weighted by Gasteiger charge is 2.51. The number of nitrogen functional groups attached to an aromatic ring is 2. The van der Waals surface area contributed by atoms with E-state index in [0.717, 1.165) is 142 Å². The van der Waals surface area contributed by atoms with Crippen LogP contribution in [0.2, 0.25) is 15.2 Å². The summed E-state index contributed by atoms with van der Waals surface area (Å²) in [6.07, 6.45) is 9.97. The van der Waals surface area contributed by atoms with Gasteiger partial charge in [0.15, 0.2) is 0 Å².